The first-order valence-electron chi connectivity index (χ1n) is 9.30. The van der Waals surface area contributed by atoms with Crippen LogP contribution in [0.5, 0.6) is 0 Å². The number of hydrogen-bond donors (Lipinski definition) is 1. The van der Waals surface area contributed by atoms with E-state index in [-0.39, 0.29) is 24.0 Å². The van der Waals surface area contributed by atoms with Gasteiger partial charge in [-0.2, -0.15) is 0 Å². The summed E-state index contributed by atoms with van der Waals surface area (Å²) in [7, 11) is 0. The van der Waals surface area contributed by atoms with Crippen LogP contribution in [0.1, 0.15) is 31.4 Å². The standard InChI is InChI=1S/C21H22Cl2FN3O2/c1-13(2)25-21(28)27(11-14-3-6-16(24)7-4-14)12-17-10-20(26-29-17)15-5-8-18(22)19(23)9-15/h3-9,13,17H,10-12H2,1-2H3,(H,25,28). The van der Waals surface area contributed by atoms with E-state index in [2.05, 4.69) is 10.5 Å². The number of nitrogens with zero attached hydrogens (tertiary/aromatic N) is 2. The number of carbonyl (C=O) groups is 1. The summed E-state index contributed by atoms with van der Waals surface area (Å²) in [6.45, 7) is 4.46. The molecule has 0 radical (unpaired) electrons. The lowest BCUT2D eigenvalue weighted by molar-refractivity contribution is 0.0586. The number of nitrogens with one attached hydrogen (secondary N) is 1. The molecular weight excluding hydrogens is 416 g/mol. The first-order valence-corrected chi connectivity index (χ1v) is 10.1. The number of hydrogen-bond acceptors (Lipinski definition) is 3. The highest BCUT2D eigenvalue weighted by Crippen LogP contribution is 2.26. The summed E-state index contributed by atoms with van der Waals surface area (Å²) in [6, 6.07) is 11.2. The molecule has 0 spiro atoms. The molecule has 8 heteroatoms. The molecule has 1 aliphatic rings. The Bertz CT molecular complexity index is 903. The third-order valence-corrected chi connectivity index (χ3v) is 5.13. The van der Waals surface area contributed by atoms with Crippen molar-refractivity contribution in [3.8, 4) is 0 Å². The summed E-state index contributed by atoms with van der Waals surface area (Å²) in [4.78, 5) is 19.9. The fraction of sp³-hybridized carbons (Fsp3) is 0.333. The van der Waals surface area contributed by atoms with Crippen LogP contribution in [-0.2, 0) is 11.4 Å². The van der Waals surface area contributed by atoms with Crippen LogP contribution >= 0.6 is 23.2 Å². The van der Waals surface area contributed by atoms with Gasteiger partial charge in [0.05, 0.1) is 22.3 Å². The van der Waals surface area contributed by atoms with E-state index < -0.39 is 0 Å². The number of carbonyl (C=O) groups excluding carboxylic acids is 1. The molecule has 5 nitrogen and oxygen atoms in total. The van der Waals surface area contributed by atoms with Crippen LogP contribution in [0.3, 0.4) is 0 Å². The number of rotatable bonds is 6. The molecule has 0 saturated carbocycles. The molecule has 2 amide bonds. The van der Waals surface area contributed by atoms with Gasteiger partial charge in [-0.3, -0.25) is 0 Å². The van der Waals surface area contributed by atoms with Crippen molar-refractivity contribution in [2.75, 3.05) is 6.54 Å². The van der Waals surface area contributed by atoms with Gasteiger partial charge in [0.1, 0.15) is 5.82 Å². The fourth-order valence-corrected chi connectivity index (χ4v) is 3.28. The van der Waals surface area contributed by atoms with E-state index in [1.165, 1.54) is 12.1 Å². The van der Waals surface area contributed by atoms with Crippen molar-refractivity contribution in [3.63, 3.8) is 0 Å². The molecule has 0 fully saturated rings. The van der Waals surface area contributed by atoms with Crippen LogP contribution in [0, 0.1) is 5.82 Å². The zero-order chi connectivity index (χ0) is 21.0. The Hall–Kier alpha value is -2.31. The predicted octanol–water partition coefficient (Wildman–Crippen LogP) is 5.25. The van der Waals surface area contributed by atoms with E-state index in [0.717, 1.165) is 16.8 Å². The van der Waals surface area contributed by atoms with Crippen LogP contribution in [0.15, 0.2) is 47.6 Å². The molecule has 1 atom stereocenters. The summed E-state index contributed by atoms with van der Waals surface area (Å²) >= 11 is 12.1. The molecule has 1 aliphatic heterocycles. The largest absolute Gasteiger partial charge is 0.390 e. The maximum atomic E-state index is 13.2. The monoisotopic (exact) mass is 437 g/mol. The molecule has 2 aromatic rings. The minimum Gasteiger partial charge on any atom is -0.390 e. The summed E-state index contributed by atoms with van der Waals surface area (Å²) in [6.07, 6.45) is 0.241. The zero-order valence-electron chi connectivity index (χ0n) is 16.2. The van der Waals surface area contributed by atoms with Gasteiger partial charge in [0.2, 0.25) is 0 Å². The molecule has 29 heavy (non-hydrogen) atoms. The summed E-state index contributed by atoms with van der Waals surface area (Å²) in [5.41, 5.74) is 2.41. The molecule has 3 rings (SSSR count). The third kappa shape index (κ3) is 5.84. The molecule has 0 aliphatic carbocycles. The number of urea groups is 1. The Kier molecular flexibility index (Phi) is 6.98. The van der Waals surface area contributed by atoms with Gasteiger partial charge in [0, 0.05) is 24.6 Å². The fourth-order valence-electron chi connectivity index (χ4n) is 2.99. The highest BCUT2D eigenvalue weighted by Gasteiger charge is 2.27. The summed E-state index contributed by atoms with van der Waals surface area (Å²) in [5, 5.41) is 7.97. The Morgan fingerprint density at radius 3 is 2.62 bits per heavy atom. The second-order valence-electron chi connectivity index (χ2n) is 7.21. The zero-order valence-corrected chi connectivity index (χ0v) is 17.7. The number of oxime groups is 1. The first kappa shape index (κ1) is 21.4. The van der Waals surface area contributed by atoms with Crippen molar-refractivity contribution in [2.24, 2.45) is 5.16 Å². The van der Waals surface area contributed by atoms with Gasteiger partial charge in [-0.05, 0) is 43.7 Å². The van der Waals surface area contributed by atoms with E-state index in [1.54, 1.807) is 29.2 Å². The Labute approximate surface area is 179 Å². The SMILES string of the molecule is CC(C)NC(=O)N(Cc1ccc(F)cc1)CC1CC(c2ccc(Cl)c(Cl)c2)=NO1. The minimum atomic E-state index is -0.314. The topological polar surface area (TPSA) is 53.9 Å². The lowest BCUT2D eigenvalue weighted by Crippen LogP contribution is -2.45. The van der Waals surface area contributed by atoms with Crippen molar-refractivity contribution in [3.05, 3.63) is 69.5 Å². The third-order valence-electron chi connectivity index (χ3n) is 4.40. The van der Waals surface area contributed by atoms with E-state index in [9.17, 15) is 9.18 Å². The normalized spacial score (nSPS) is 15.8. The van der Waals surface area contributed by atoms with E-state index in [4.69, 9.17) is 28.0 Å². The molecule has 0 saturated heterocycles. The van der Waals surface area contributed by atoms with Gasteiger partial charge < -0.3 is 15.1 Å². The van der Waals surface area contributed by atoms with Crippen LogP contribution in [0.25, 0.3) is 0 Å². The lowest BCUT2D eigenvalue weighted by atomic mass is 10.0. The summed E-state index contributed by atoms with van der Waals surface area (Å²) in [5.74, 6) is -0.314. The Morgan fingerprint density at radius 1 is 1.24 bits per heavy atom. The van der Waals surface area contributed by atoms with Crippen molar-refractivity contribution >= 4 is 34.9 Å². The number of benzene rings is 2. The van der Waals surface area contributed by atoms with Gasteiger partial charge in [0.15, 0.2) is 6.10 Å². The highest BCUT2D eigenvalue weighted by molar-refractivity contribution is 6.42. The minimum absolute atomic E-state index is 0.00858. The number of halogens is 3. The second kappa shape index (κ2) is 9.46. The molecule has 154 valence electrons. The number of amides is 2. The molecule has 0 bridgehead atoms. The molecule has 1 heterocycles. The van der Waals surface area contributed by atoms with Crippen molar-refractivity contribution < 1.29 is 14.0 Å². The maximum absolute atomic E-state index is 13.2. The molecule has 2 aromatic carbocycles. The quantitative estimate of drug-likeness (QED) is 0.670. The van der Waals surface area contributed by atoms with Gasteiger partial charge in [-0.25, -0.2) is 9.18 Å². The molecular formula is C21H22Cl2FN3O2. The second-order valence-corrected chi connectivity index (χ2v) is 8.02. The van der Waals surface area contributed by atoms with E-state index in [1.807, 2.05) is 19.9 Å². The van der Waals surface area contributed by atoms with Gasteiger partial charge in [-0.15, -0.1) is 0 Å². The van der Waals surface area contributed by atoms with Crippen molar-refractivity contribution in [1.29, 1.82) is 0 Å². The molecule has 1 N–H and O–H groups in total. The maximum Gasteiger partial charge on any atom is 0.318 e. The van der Waals surface area contributed by atoms with Crippen molar-refractivity contribution in [1.82, 2.24) is 10.2 Å². The van der Waals surface area contributed by atoms with E-state index >= 15 is 0 Å². The van der Waals surface area contributed by atoms with Crippen LogP contribution < -0.4 is 5.32 Å². The Morgan fingerprint density at radius 2 is 1.97 bits per heavy atom. The van der Waals surface area contributed by atoms with Crippen LogP contribution in [0.2, 0.25) is 10.0 Å². The Balaban J connectivity index is 1.68. The average Bonchev–Trinajstić information content (AvgIpc) is 3.13. The molecule has 1 unspecified atom stereocenters. The summed E-state index contributed by atoms with van der Waals surface area (Å²) < 4.78 is 13.2. The molecule has 0 aromatic heterocycles. The van der Waals surface area contributed by atoms with Crippen LogP contribution in [-0.4, -0.2) is 35.3 Å². The average molecular weight is 438 g/mol. The smallest absolute Gasteiger partial charge is 0.318 e. The predicted molar refractivity (Wildman–Crippen MR) is 113 cm³/mol. The first-order chi connectivity index (χ1) is 13.8. The van der Waals surface area contributed by atoms with Crippen molar-refractivity contribution in [2.45, 2.75) is 39.0 Å². The highest BCUT2D eigenvalue weighted by atomic mass is 35.5. The van der Waals surface area contributed by atoms with Gasteiger partial charge >= 0.3 is 6.03 Å². The lowest BCUT2D eigenvalue weighted by Gasteiger charge is -2.26. The van der Waals surface area contributed by atoms with Crippen LogP contribution in [0.4, 0.5) is 9.18 Å². The van der Waals surface area contributed by atoms with Gasteiger partial charge in [0.25, 0.3) is 0 Å². The van der Waals surface area contributed by atoms with E-state index in [0.29, 0.717) is 29.6 Å². The van der Waals surface area contributed by atoms with Gasteiger partial charge in [-0.1, -0.05) is 46.6 Å².